The number of carboxylic acid groups (broad SMARTS) is 1. The lowest BCUT2D eigenvalue weighted by molar-refractivity contribution is -0.139. The summed E-state index contributed by atoms with van der Waals surface area (Å²) in [4.78, 5) is 23.0. The molecule has 2 amide bonds. The van der Waals surface area contributed by atoms with Gasteiger partial charge in [0.05, 0.1) is 0 Å². The van der Waals surface area contributed by atoms with Crippen molar-refractivity contribution in [3.63, 3.8) is 0 Å². The molecular formula is C15H20N2O4. The minimum atomic E-state index is -1.06. The van der Waals surface area contributed by atoms with Gasteiger partial charge < -0.3 is 20.5 Å². The average Bonchev–Trinajstić information content (AvgIpc) is 2.85. The summed E-state index contributed by atoms with van der Waals surface area (Å²) in [7, 11) is 1.49. The maximum atomic E-state index is 11.9. The standard InChI is InChI=1S/C15H20N2O4/c1-21-7-6-13(14(18)19)17-15(20)16-12-8-10-4-2-3-5-11(10)9-12/h2-5,12-13H,6-9H2,1H3,(H,18,19)(H2,16,17,20). The van der Waals surface area contributed by atoms with Crippen molar-refractivity contribution in [2.75, 3.05) is 13.7 Å². The smallest absolute Gasteiger partial charge is 0.326 e. The first-order chi connectivity index (χ1) is 10.1. The Bertz CT molecular complexity index is 493. The summed E-state index contributed by atoms with van der Waals surface area (Å²) in [5, 5.41) is 14.4. The Hall–Kier alpha value is -2.08. The van der Waals surface area contributed by atoms with Gasteiger partial charge in [0.15, 0.2) is 0 Å². The Morgan fingerprint density at radius 2 is 1.95 bits per heavy atom. The van der Waals surface area contributed by atoms with Crippen molar-refractivity contribution in [3.8, 4) is 0 Å². The molecule has 0 radical (unpaired) electrons. The predicted molar refractivity (Wildman–Crippen MR) is 77.2 cm³/mol. The second-order valence-corrected chi connectivity index (χ2v) is 5.16. The first-order valence-corrected chi connectivity index (χ1v) is 6.95. The van der Waals surface area contributed by atoms with E-state index in [1.807, 2.05) is 24.3 Å². The zero-order chi connectivity index (χ0) is 15.2. The van der Waals surface area contributed by atoms with Gasteiger partial charge in [0.2, 0.25) is 0 Å². The van der Waals surface area contributed by atoms with E-state index in [1.54, 1.807) is 0 Å². The zero-order valence-electron chi connectivity index (χ0n) is 12.0. The maximum Gasteiger partial charge on any atom is 0.326 e. The number of carbonyl (C=O) groups is 2. The van der Waals surface area contributed by atoms with Crippen LogP contribution in [0.25, 0.3) is 0 Å². The molecule has 2 rings (SSSR count). The first kappa shape index (κ1) is 15.3. The number of amides is 2. The summed E-state index contributed by atoms with van der Waals surface area (Å²) < 4.78 is 4.84. The number of hydrogen-bond acceptors (Lipinski definition) is 3. The van der Waals surface area contributed by atoms with Crippen LogP contribution in [0.4, 0.5) is 4.79 Å². The summed E-state index contributed by atoms with van der Waals surface area (Å²) in [5.74, 6) is -1.06. The third-order valence-electron chi connectivity index (χ3n) is 3.60. The van der Waals surface area contributed by atoms with E-state index in [0.29, 0.717) is 0 Å². The van der Waals surface area contributed by atoms with Crippen LogP contribution in [0.3, 0.4) is 0 Å². The van der Waals surface area contributed by atoms with E-state index in [-0.39, 0.29) is 19.1 Å². The number of urea groups is 1. The van der Waals surface area contributed by atoms with Crippen molar-refractivity contribution >= 4 is 12.0 Å². The summed E-state index contributed by atoms with van der Waals surface area (Å²) in [5.41, 5.74) is 2.47. The van der Waals surface area contributed by atoms with Crippen molar-refractivity contribution < 1.29 is 19.4 Å². The SMILES string of the molecule is COCCC(NC(=O)NC1Cc2ccccc2C1)C(=O)O. The van der Waals surface area contributed by atoms with Crippen LogP contribution in [-0.2, 0) is 22.4 Å². The number of benzene rings is 1. The molecular weight excluding hydrogens is 272 g/mol. The summed E-state index contributed by atoms with van der Waals surface area (Å²) in [6.45, 7) is 0.284. The number of hydrogen-bond donors (Lipinski definition) is 3. The van der Waals surface area contributed by atoms with Crippen LogP contribution in [0.5, 0.6) is 0 Å². The van der Waals surface area contributed by atoms with E-state index in [1.165, 1.54) is 18.2 Å². The molecule has 0 aliphatic heterocycles. The Balaban J connectivity index is 1.83. The third-order valence-corrected chi connectivity index (χ3v) is 3.60. The number of rotatable bonds is 6. The number of ether oxygens (including phenoxy) is 1. The van der Waals surface area contributed by atoms with E-state index < -0.39 is 18.0 Å². The molecule has 3 N–H and O–H groups in total. The van der Waals surface area contributed by atoms with Gasteiger partial charge in [0, 0.05) is 26.2 Å². The molecule has 1 atom stereocenters. The highest BCUT2D eigenvalue weighted by atomic mass is 16.5. The fourth-order valence-corrected chi connectivity index (χ4v) is 2.54. The Morgan fingerprint density at radius 3 is 2.48 bits per heavy atom. The molecule has 6 heteroatoms. The molecule has 1 aromatic rings. The minimum absolute atomic E-state index is 0.0132. The lowest BCUT2D eigenvalue weighted by Gasteiger charge is -2.17. The van der Waals surface area contributed by atoms with Crippen LogP contribution in [0, 0.1) is 0 Å². The molecule has 1 unspecified atom stereocenters. The summed E-state index contributed by atoms with van der Waals surface area (Å²) in [6, 6.07) is 6.68. The first-order valence-electron chi connectivity index (χ1n) is 6.95. The van der Waals surface area contributed by atoms with Crippen molar-refractivity contribution in [3.05, 3.63) is 35.4 Å². The molecule has 0 saturated heterocycles. The van der Waals surface area contributed by atoms with Crippen molar-refractivity contribution in [1.29, 1.82) is 0 Å². The normalized spacial score (nSPS) is 15.3. The number of methoxy groups -OCH3 is 1. The number of fused-ring (bicyclic) bond motifs is 1. The van der Waals surface area contributed by atoms with Gasteiger partial charge in [0.1, 0.15) is 6.04 Å². The number of carbonyl (C=O) groups excluding carboxylic acids is 1. The molecule has 1 aliphatic rings. The van der Waals surface area contributed by atoms with Crippen LogP contribution in [0.15, 0.2) is 24.3 Å². The molecule has 0 aromatic heterocycles. The lowest BCUT2D eigenvalue weighted by Crippen LogP contribution is -2.49. The molecule has 0 spiro atoms. The van der Waals surface area contributed by atoms with Gasteiger partial charge in [-0.1, -0.05) is 24.3 Å². The third kappa shape index (κ3) is 4.19. The molecule has 0 fully saturated rings. The van der Waals surface area contributed by atoms with Crippen LogP contribution >= 0.6 is 0 Å². The fraction of sp³-hybridized carbons (Fsp3) is 0.467. The molecule has 0 saturated carbocycles. The molecule has 0 bridgehead atoms. The second-order valence-electron chi connectivity index (χ2n) is 5.16. The number of nitrogens with one attached hydrogen (secondary N) is 2. The van der Waals surface area contributed by atoms with E-state index in [2.05, 4.69) is 10.6 Å². The Labute approximate surface area is 123 Å². The highest BCUT2D eigenvalue weighted by Gasteiger charge is 2.25. The number of carboxylic acids is 1. The van der Waals surface area contributed by atoms with Gasteiger partial charge in [-0.15, -0.1) is 0 Å². The van der Waals surface area contributed by atoms with E-state index in [0.717, 1.165) is 12.8 Å². The highest BCUT2D eigenvalue weighted by molar-refractivity contribution is 5.82. The van der Waals surface area contributed by atoms with Crippen LogP contribution < -0.4 is 10.6 Å². The van der Waals surface area contributed by atoms with Gasteiger partial charge in [-0.3, -0.25) is 0 Å². The van der Waals surface area contributed by atoms with E-state index in [4.69, 9.17) is 9.84 Å². The predicted octanol–water partition coefficient (Wildman–Crippen LogP) is 0.943. The molecule has 1 aromatic carbocycles. The molecule has 21 heavy (non-hydrogen) atoms. The van der Waals surface area contributed by atoms with Gasteiger partial charge >= 0.3 is 12.0 Å². The van der Waals surface area contributed by atoms with Crippen molar-refractivity contribution in [2.24, 2.45) is 0 Å². The van der Waals surface area contributed by atoms with Gasteiger partial charge in [-0.05, 0) is 24.0 Å². The minimum Gasteiger partial charge on any atom is -0.480 e. The van der Waals surface area contributed by atoms with Crippen LogP contribution in [0.2, 0.25) is 0 Å². The fourth-order valence-electron chi connectivity index (χ4n) is 2.54. The Morgan fingerprint density at radius 1 is 1.33 bits per heavy atom. The zero-order valence-corrected chi connectivity index (χ0v) is 12.0. The quantitative estimate of drug-likeness (QED) is 0.728. The van der Waals surface area contributed by atoms with E-state index in [9.17, 15) is 9.59 Å². The average molecular weight is 292 g/mol. The van der Waals surface area contributed by atoms with Crippen molar-refractivity contribution in [2.45, 2.75) is 31.3 Å². The van der Waals surface area contributed by atoms with Crippen LogP contribution in [0.1, 0.15) is 17.5 Å². The molecule has 114 valence electrons. The van der Waals surface area contributed by atoms with Crippen LogP contribution in [-0.4, -0.2) is 42.9 Å². The largest absolute Gasteiger partial charge is 0.480 e. The van der Waals surface area contributed by atoms with Gasteiger partial charge in [0.25, 0.3) is 0 Å². The topological polar surface area (TPSA) is 87.7 Å². The molecule has 0 heterocycles. The number of aliphatic carboxylic acids is 1. The van der Waals surface area contributed by atoms with Crippen molar-refractivity contribution in [1.82, 2.24) is 10.6 Å². The second kappa shape index (κ2) is 7.08. The van der Waals surface area contributed by atoms with Gasteiger partial charge in [-0.2, -0.15) is 0 Å². The monoisotopic (exact) mass is 292 g/mol. The maximum absolute atomic E-state index is 11.9. The Kier molecular flexibility index (Phi) is 5.16. The molecule has 1 aliphatic carbocycles. The van der Waals surface area contributed by atoms with Gasteiger partial charge in [-0.25, -0.2) is 9.59 Å². The molecule has 6 nitrogen and oxygen atoms in total. The highest BCUT2D eigenvalue weighted by Crippen LogP contribution is 2.21. The van der Waals surface area contributed by atoms with E-state index >= 15 is 0 Å². The summed E-state index contributed by atoms with van der Waals surface area (Å²) in [6.07, 6.45) is 1.79. The lowest BCUT2D eigenvalue weighted by atomic mass is 10.1. The summed E-state index contributed by atoms with van der Waals surface area (Å²) >= 11 is 0.